The molecule has 0 aromatic carbocycles. The van der Waals surface area contributed by atoms with Crippen LogP contribution in [-0.4, -0.2) is 85.9 Å². The van der Waals surface area contributed by atoms with Crippen LogP contribution in [0, 0.1) is 0 Å². The molecule has 1 atom stereocenters. The molecule has 3 heterocycles. The highest BCUT2D eigenvalue weighted by Gasteiger charge is 2.34. The van der Waals surface area contributed by atoms with Gasteiger partial charge in [-0.15, -0.1) is 0 Å². The van der Waals surface area contributed by atoms with Gasteiger partial charge >= 0.3 is 0 Å². The molecular weight excluding hydrogens is 352 g/mol. The van der Waals surface area contributed by atoms with Crippen LogP contribution in [0.25, 0.3) is 0 Å². The number of pyridine rings is 1. The minimum atomic E-state index is -3.03. The molecule has 0 radical (unpaired) electrons. The normalized spacial score (nSPS) is 23.2. The smallest absolute Gasteiger partial charge is 0.272 e. The van der Waals surface area contributed by atoms with E-state index in [0.717, 1.165) is 38.4 Å². The van der Waals surface area contributed by atoms with E-state index in [1.807, 2.05) is 19.1 Å². The molecule has 1 unspecified atom stereocenters. The van der Waals surface area contributed by atoms with Crippen LogP contribution in [0.2, 0.25) is 0 Å². The van der Waals surface area contributed by atoms with Crippen LogP contribution in [0.4, 0.5) is 5.69 Å². The van der Waals surface area contributed by atoms with Gasteiger partial charge in [0, 0.05) is 50.6 Å². The van der Waals surface area contributed by atoms with Crippen molar-refractivity contribution in [2.75, 3.05) is 55.7 Å². The molecule has 26 heavy (non-hydrogen) atoms. The number of carbonyl (C=O) groups is 1. The van der Waals surface area contributed by atoms with Gasteiger partial charge in [0.15, 0.2) is 9.84 Å². The fourth-order valence-corrected chi connectivity index (χ4v) is 5.52. The highest BCUT2D eigenvalue weighted by Crippen LogP contribution is 2.22. The summed E-state index contributed by atoms with van der Waals surface area (Å²) >= 11 is 0. The first kappa shape index (κ1) is 19.1. The van der Waals surface area contributed by atoms with Gasteiger partial charge < -0.3 is 14.7 Å². The minimum Gasteiger partial charge on any atom is -0.369 e. The number of nitrogens with zero attached hydrogens (tertiary/aromatic N) is 4. The van der Waals surface area contributed by atoms with E-state index in [-0.39, 0.29) is 23.5 Å². The Hall–Kier alpha value is -1.67. The number of carbonyl (C=O) groups excluding carboxylic acids is 1. The molecule has 1 aromatic heterocycles. The zero-order valence-electron chi connectivity index (χ0n) is 15.6. The van der Waals surface area contributed by atoms with Crippen LogP contribution in [0.15, 0.2) is 18.3 Å². The minimum absolute atomic E-state index is 0.0608. The quantitative estimate of drug-likeness (QED) is 0.755. The second-order valence-electron chi connectivity index (χ2n) is 6.97. The van der Waals surface area contributed by atoms with Crippen LogP contribution in [0.1, 0.15) is 30.8 Å². The first-order valence-corrected chi connectivity index (χ1v) is 11.2. The summed E-state index contributed by atoms with van der Waals surface area (Å²) in [5.41, 5.74) is 1.40. The third-order valence-corrected chi connectivity index (χ3v) is 7.15. The predicted molar refractivity (Wildman–Crippen MR) is 102 cm³/mol. The van der Waals surface area contributed by atoms with Crippen molar-refractivity contribution in [2.45, 2.75) is 26.3 Å². The van der Waals surface area contributed by atoms with Crippen molar-refractivity contribution in [1.29, 1.82) is 0 Å². The summed E-state index contributed by atoms with van der Waals surface area (Å²) in [6.45, 7) is 9.50. The summed E-state index contributed by atoms with van der Waals surface area (Å²) in [5.74, 6) is 0.0469. The lowest BCUT2D eigenvalue weighted by molar-refractivity contribution is 0.0702. The van der Waals surface area contributed by atoms with Gasteiger partial charge in [-0.25, -0.2) is 8.42 Å². The number of piperazine rings is 1. The van der Waals surface area contributed by atoms with E-state index in [9.17, 15) is 13.2 Å². The molecule has 7 nitrogen and oxygen atoms in total. The summed E-state index contributed by atoms with van der Waals surface area (Å²) in [6.07, 6.45) is 2.19. The number of amides is 1. The molecule has 0 N–H and O–H groups in total. The summed E-state index contributed by atoms with van der Waals surface area (Å²) in [7, 11) is -3.03. The summed E-state index contributed by atoms with van der Waals surface area (Å²) in [6, 6.07) is 3.54. The number of likely N-dealkylation sites (N-methyl/N-ethyl adjacent to an activating group) is 1. The van der Waals surface area contributed by atoms with Crippen LogP contribution in [0.3, 0.4) is 0 Å². The first-order valence-electron chi connectivity index (χ1n) is 9.38. The third kappa shape index (κ3) is 4.17. The largest absolute Gasteiger partial charge is 0.369 e. The molecule has 1 aromatic rings. The average molecular weight is 381 g/mol. The number of rotatable bonds is 5. The molecule has 2 fully saturated rings. The molecule has 1 amide bonds. The molecule has 2 saturated heterocycles. The van der Waals surface area contributed by atoms with Crippen molar-refractivity contribution in [2.24, 2.45) is 0 Å². The standard InChI is InChI=1S/C18H28N4O3S/c1-3-20-8-10-21(11-9-20)15-5-7-19-17(13-15)18(23)22(4-2)16-6-12-26(24,25)14-16/h5,7,13,16H,3-4,6,8-12,14H2,1-2H3. The van der Waals surface area contributed by atoms with E-state index < -0.39 is 9.84 Å². The highest BCUT2D eigenvalue weighted by molar-refractivity contribution is 7.91. The molecule has 0 saturated carbocycles. The van der Waals surface area contributed by atoms with Crippen LogP contribution in [-0.2, 0) is 9.84 Å². The number of sulfone groups is 1. The Kier molecular flexibility index (Phi) is 5.82. The highest BCUT2D eigenvalue weighted by atomic mass is 32.2. The van der Waals surface area contributed by atoms with Crippen molar-refractivity contribution < 1.29 is 13.2 Å². The average Bonchev–Trinajstić information content (AvgIpc) is 3.02. The van der Waals surface area contributed by atoms with Gasteiger partial charge in [-0.3, -0.25) is 9.78 Å². The predicted octanol–water partition coefficient (Wildman–Crippen LogP) is 0.873. The lowest BCUT2D eigenvalue weighted by atomic mass is 10.2. The van der Waals surface area contributed by atoms with Crippen LogP contribution < -0.4 is 4.90 Å². The maximum atomic E-state index is 12.9. The van der Waals surface area contributed by atoms with Crippen LogP contribution in [0.5, 0.6) is 0 Å². The lowest BCUT2D eigenvalue weighted by Gasteiger charge is -2.35. The SMILES string of the molecule is CCN1CCN(c2ccnc(C(=O)N(CC)C3CCS(=O)(=O)C3)c2)CC1. The number of anilines is 1. The summed E-state index contributed by atoms with van der Waals surface area (Å²) in [4.78, 5) is 23.6. The number of hydrogen-bond acceptors (Lipinski definition) is 6. The van der Waals surface area contributed by atoms with Crippen molar-refractivity contribution in [1.82, 2.24) is 14.8 Å². The second-order valence-corrected chi connectivity index (χ2v) is 9.20. The lowest BCUT2D eigenvalue weighted by Crippen LogP contribution is -2.46. The zero-order valence-corrected chi connectivity index (χ0v) is 16.4. The van der Waals surface area contributed by atoms with E-state index in [2.05, 4.69) is 21.7 Å². The Morgan fingerprint density at radius 3 is 2.58 bits per heavy atom. The van der Waals surface area contributed by atoms with E-state index in [1.165, 1.54) is 0 Å². The van der Waals surface area contributed by atoms with E-state index in [4.69, 9.17) is 0 Å². The van der Waals surface area contributed by atoms with Gasteiger partial charge in [-0.2, -0.15) is 0 Å². The van der Waals surface area contributed by atoms with Crippen molar-refractivity contribution >= 4 is 21.4 Å². The fraction of sp³-hybridized carbons (Fsp3) is 0.667. The van der Waals surface area contributed by atoms with E-state index in [1.54, 1.807) is 11.1 Å². The maximum absolute atomic E-state index is 12.9. The van der Waals surface area contributed by atoms with Crippen molar-refractivity contribution in [3.63, 3.8) is 0 Å². The van der Waals surface area contributed by atoms with Gasteiger partial charge in [0.25, 0.3) is 5.91 Å². The molecule has 144 valence electrons. The fourth-order valence-electron chi connectivity index (χ4n) is 3.79. The Morgan fingerprint density at radius 1 is 1.27 bits per heavy atom. The molecule has 0 aliphatic carbocycles. The van der Waals surface area contributed by atoms with Gasteiger partial charge in [-0.1, -0.05) is 6.92 Å². The Balaban J connectivity index is 1.73. The van der Waals surface area contributed by atoms with Crippen LogP contribution >= 0.6 is 0 Å². The Morgan fingerprint density at radius 2 is 2.00 bits per heavy atom. The molecule has 3 rings (SSSR count). The van der Waals surface area contributed by atoms with Crippen molar-refractivity contribution in [3.8, 4) is 0 Å². The number of aromatic nitrogens is 1. The molecule has 8 heteroatoms. The molecule has 2 aliphatic rings. The molecule has 0 spiro atoms. The number of hydrogen-bond donors (Lipinski definition) is 0. The third-order valence-electron chi connectivity index (χ3n) is 5.40. The van der Waals surface area contributed by atoms with E-state index in [0.29, 0.717) is 18.7 Å². The summed E-state index contributed by atoms with van der Waals surface area (Å²) < 4.78 is 23.5. The molecular formula is C18H28N4O3S. The molecule has 0 bridgehead atoms. The maximum Gasteiger partial charge on any atom is 0.272 e. The van der Waals surface area contributed by atoms with Gasteiger partial charge in [-0.05, 0) is 32.0 Å². The monoisotopic (exact) mass is 380 g/mol. The van der Waals surface area contributed by atoms with E-state index >= 15 is 0 Å². The van der Waals surface area contributed by atoms with Gasteiger partial charge in [0.05, 0.1) is 11.5 Å². The second kappa shape index (κ2) is 7.92. The first-order chi connectivity index (χ1) is 12.4. The zero-order chi connectivity index (χ0) is 18.7. The Bertz CT molecular complexity index is 745. The van der Waals surface area contributed by atoms with Gasteiger partial charge in [0.2, 0.25) is 0 Å². The van der Waals surface area contributed by atoms with Gasteiger partial charge in [0.1, 0.15) is 5.69 Å². The Labute approximate surface area is 155 Å². The summed E-state index contributed by atoms with van der Waals surface area (Å²) in [5, 5.41) is 0. The topological polar surface area (TPSA) is 73.8 Å². The molecule has 2 aliphatic heterocycles. The van der Waals surface area contributed by atoms with Crippen molar-refractivity contribution in [3.05, 3.63) is 24.0 Å².